The third-order valence-corrected chi connectivity index (χ3v) is 6.31. The molecule has 3 aromatic carbocycles. The molecule has 4 aromatic rings. The van der Waals surface area contributed by atoms with Crippen LogP contribution in [0.3, 0.4) is 0 Å². The van der Waals surface area contributed by atoms with Gasteiger partial charge in [0.2, 0.25) is 5.95 Å². The number of nitrogens with zero attached hydrogens (tertiary/aromatic N) is 2. The number of ketones is 1. The second kappa shape index (κ2) is 9.81. The molecule has 1 saturated heterocycles. The number of phenolic OH excluding ortho intramolecular Hbond substituents is 1. The van der Waals surface area contributed by atoms with Gasteiger partial charge in [-0.25, -0.2) is 4.98 Å². The van der Waals surface area contributed by atoms with Gasteiger partial charge in [-0.05, 0) is 55.0 Å². The summed E-state index contributed by atoms with van der Waals surface area (Å²) in [5, 5.41) is 21.7. The highest BCUT2D eigenvalue weighted by Crippen LogP contribution is 2.44. The van der Waals surface area contributed by atoms with Gasteiger partial charge in [-0.15, -0.1) is 0 Å². The molecule has 3 N–H and O–H groups in total. The number of ether oxygens (including phenoxy) is 3. The number of methoxy groups -OCH3 is 2. The fourth-order valence-corrected chi connectivity index (χ4v) is 4.53. The zero-order chi connectivity index (χ0) is 27.0. The summed E-state index contributed by atoms with van der Waals surface area (Å²) in [5.41, 5.74) is 1.79. The van der Waals surface area contributed by atoms with Crippen LogP contribution in [-0.4, -0.2) is 52.7 Å². The van der Waals surface area contributed by atoms with Crippen molar-refractivity contribution in [2.24, 2.45) is 0 Å². The first kappa shape index (κ1) is 24.7. The lowest BCUT2D eigenvalue weighted by atomic mass is 9.95. The van der Waals surface area contributed by atoms with E-state index >= 15 is 0 Å². The second-order valence-corrected chi connectivity index (χ2v) is 8.48. The van der Waals surface area contributed by atoms with E-state index in [-0.39, 0.29) is 35.2 Å². The van der Waals surface area contributed by atoms with Crippen molar-refractivity contribution in [3.8, 4) is 23.0 Å². The summed E-state index contributed by atoms with van der Waals surface area (Å²) in [6.45, 7) is 2.05. The number of para-hydroxylation sites is 2. The molecule has 10 nitrogen and oxygen atoms in total. The lowest BCUT2D eigenvalue weighted by molar-refractivity contribution is -0.132. The number of aliphatic hydroxyl groups is 1. The van der Waals surface area contributed by atoms with Crippen molar-refractivity contribution in [3.05, 3.63) is 77.4 Å². The number of hydrogen-bond acceptors (Lipinski definition) is 8. The van der Waals surface area contributed by atoms with E-state index in [9.17, 15) is 19.8 Å². The van der Waals surface area contributed by atoms with Crippen molar-refractivity contribution in [3.63, 3.8) is 0 Å². The molecule has 10 heteroatoms. The van der Waals surface area contributed by atoms with E-state index in [0.29, 0.717) is 28.1 Å². The Bertz CT molecular complexity index is 1560. The molecule has 1 atom stereocenters. The second-order valence-electron chi connectivity index (χ2n) is 8.48. The number of H-pyrrole nitrogens is 1. The summed E-state index contributed by atoms with van der Waals surface area (Å²) >= 11 is 0. The smallest absolute Gasteiger partial charge is 0.302 e. The lowest BCUT2D eigenvalue weighted by Crippen LogP contribution is -2.30. The summed E-state index contributed by atoms with van der Waals surface area (Å²) in [6, 6.07) is 15.3. The van der Waals surface area contributed by atoms with Gasteiger partial charge in [-0.3, -0.25) is 14.5 Å². The summed E-state index contributed by atoms with van der Waals surface area (Å²) in [7, 11) is 2.94. The van der Waals surface area contributed by atoms with Gasteiger partial charge < -0.3 is 29.4 Å². The topological polar surface area (TPSA) is 134 Å². The molecule has 194 valence electrons. The minimum atomic E-state index is -1.08. The van der Waals surface area contributed by atoms with E-state index in [0.717, 1.165) is 0 Å². The first-order chi connectivity index (χ1) is 18.4. The molecule has 38 heavy (non-hydrogen) atoms. The van der Waals surface area contributed by atoms with Crippen molar-refractivity contribution in [2.45, 2.75) is 13.0 Å². The molecule has 0 aliphatic carbocycles. The number of imidazole rings is 1. The van der Waals surface area contributed by atoms with Gasteiger partial charge in [0.05, 0.1) is 43.5 Å². The number of fused-ring (bicyclic) bond motifs is 1. The molecule has 5 rings (SSSR count). The van der Waals surface area contributed by atoms with Crippen LogP contribution in [0.2, 0.25) is 0 Å². The Labute approximate surface area is 217 Å². The summed E-state index contributed by atoms with van der Waals surface area (Å²) < 4.78 is 16.2. The van der Waals surface area contributed by atoms with Crippen molar-refractivity contribution in [1.82, 2.24) is 9.97 Å². The standard InChI is InChI=1S/C28H25N3O7/c1-4-38-21-13-15(9-11-19(21)32)24-23(25(33)16-10-12-20(36-2)22(14-16)37-3)26(34)27(35)31(24)28-29-17-7-5-6-8-18(17)30-28/h5-14,24,32-33H,4H2,1-3H3,(H,29,30)/b25-23+. The number of hydrogen-bond donors (Lipinski definition) is 3. The number of aromatic amines is 1. The van der Waals surface area contributed by atoms with Crippen LogP contribution in [0, 0.1) is 0 Å². The zero-order valence-electron chi connectivity index (χ0n) is 20.9. The quantitative estimate of drug-likeness (QED) is 0.188. The minimum Gasteiger partial charge on any atom is -0.507 e. The van der Waals surface area contributed by atoms with Crippen LogP contribution in [0.1, 0.15) is 24.1 Å². The Balaban J connectivity index is 1.74. The number of aliphatic hydroxyl groups excluding tert-OH is 1. The zero-order valence-corrected chi connectivity index (χ0v) is 20.9. The van der Waals surface area contributed by atoms with E-state index in [2.05, 4.69) is 9.97 Å². The van der Waals surface area contributed by atoms with E-state index in [1.807, 2.05) is 12.1 Å². The van der Waals surface area contributed by atoms with Crippen LogP contribution < -0.4 is 19.1 Å². The Morgan fingerprint density at radius 3 is 2.47 bits per heavy atom. The highest BCUT2D eigenvalue weighted by Gasteiger charge is 2.48. The van der Waals surface area contributed by atoms with Crippen LogP contribution in [-0.2, 0) is 9.59 Å². The third-order valence-electron chi connectivity index (χ3n) is 6.31. The van der Waals surface area contributed by atoms with Gasteiger partial charge in [0.15, 0.2) is 23.0 Å². The number of carbonyl (C=O) groups excluding carboxylic acids is 2. The Morgan fingerprint density at radius 2 is 1.76 bits per heavy atom. The minimum absolute atomic E-state index is 0.101. The number of amides is 1. The van der Waals surface area contributed by atoms with E-state index in [1.165, 1.54) is 37.3 Å². The van der Waals surface area contributed by atoms with Crippen LogP contribution >= 0.6 is 0 Å². The van der Waals surface area contributed by atoms with Gasteiger partial charge in [-0.2, -0.15) is 0 Å². The Hall–Kier alpha value is -4.99. The first-order valence-corrected chi connectivity index (χ1v) is 11.8. The number of aromatic nitrogens is 2. The average molecular weight is 516 g/mol. The predicted molar refractivity (Wildman–Crippen MR) is 140 cm³/mol. The maximum Gasteiger partial charge on any atom is 0.302 e. The van der Waals surface area contributed by atoms with Crippen LogP contribution in [0.4, 0.5) is 5.95 Å². The summed E-state index contributed by atoms with van der Waals surface area (Å²) in [6.07, 6.45) is 0. The molecule has 0 bridgehead atoms. The van der Waals surface area contributed by atoms with Crippen LogP contribution in [0.5, 0.6) is 23.0 Å². The molecule has 1 amide bonds. The fraction of sp³-hybridized carbons (Fsp3) is 0.179. The first-order valence-electron chi connectivity index (χ1n) is 11.8. The molecule has 0 spiro atoms. The van der Waals surface area contributed by atoms with Crippen LogP contribution in [0.25, 0.3) is 16.8 Å². The molecular formula is C28H25N3O7. The molecule has 1 aliphatic rings. The molecule has 1 aromatic heterocycles. The largest absolute Gasteiger partial charge is 0.507 e. The van der Waals surface area contributed by atoms with Crippen molar-refractivity contribution in [1.29, 1.82) is 0 Å². The van der Waals surface area contributed by atoms with Gasteiger partial charge in [-0.1, -0.05) is 18.2 Å². The maximum atomic E-state index is 13.5. The normalized spacial score (nSPS) is 16.7. The SMILES string of the molecule is CCOc1cc(C2/C(=C(\O)c3ccc(OC)c(OC)c3)C(=O)C(=O)N2c2nc3ccccc3[nH]2)ccc1O. The van der Waals surface area contributed by atoms with Crippen LogP contribution in [0.15, 0.2) is 66.2 Å². The molecule has 0 radical (unpaired) electrons. The fourth-order valence-electron chi connectivity index (χ4n) is 4.53. The van der Waals surface area contributed by atoms with Gasteiger partial charge >= 0.3 is 5.91 Å². The van der Waals surface area contributed by atoms with Crippen molar-refractivity contribution in [2.75, 3.05) is 25.7 Å². The number of carbonyl (C=O) groups is 2. The number of aromatic hydroxyl groups is 1. The van der Waals surface area contributed by atoms with E-state index in [4.69, 9.17) is 14.2 Å². The van der Waals surface area contributed by atoms with Gasteiger partial charge in [0, 0.05) is 5.56 Å². The third kappa shape index (κ3) is 4.05. The van der Waals surface area contributed by atoms with E-state index in [1.54, 1.807) is 37.3 Å². The number of anilines is 1. The highest BCUT2D eigenvalue weighted by molar-refractivity contribution is 6.51. The Morgan fingerprint density at radius 1 is 1.00 bits per heavy atom. The van der Waals surface area contributed by atoms with E-state index < -0.39 is 23.5 Å². The lowest BCUT2D eigenvalue weighted by Gasteiger charge is -2.23. The van der Waals surface area contributed by atoms with Crippen molar-refractivity contribution >= 4 is 34.4 Å². The monoisotopic (exact) mass is 515 g/mol. The number of nitrogens with one attached hydrogen (secondary N) is 1. The number of phenols is 1. The number of rotatable bonds is 7. The molecule has 1 unspecified atom stereocenters. The van der Waals surface area contributed by atoms with Gasteiger partial charge in [0.1, 0.15) is 5.76 Å². The van der Waals surface area contributed by atoms with Gasteiger partial charge in [0.25, 0.3) is 5.78 Å². The number of Topliss-reactive ketones (excluding diaryl/α,β-unsaturated/α-hetero) is 1. The van der Waals surface area contributed by atoms with Crippen molar-refractivity contribution < 1.29 is 34.0 Å². The highest BCUT2D eigenvalue weighted by atomic mass is 16.5. The molecular weight excluding hydrogens is 490 g/mol. The number of benzene rings is 3. The summed E-state index contributed by atoms with van der Waals surface area (Å²) in [4.78, 5) is 35.8. The molecule has 2 heterocycles. The molecule has 1 fully saturated rings. The molecule has 0 saturated carbocycles. The Kier molecular flexibility index (Phi) is 6.38. The average Bonchev–Trinajstić information content (AvgIpc) is 3.47. The summed E-state index contributed by atoms with van der Waals surface area (Å²) in [5.74, 6) is -1.20. The molecule has 1 aliphatic heterocycles. The maximum absolute atomic E-state index is 13.5. The predicted octanol–water partition coefficient (Wildman–Crippen LogP) is 4.31.